The van der Waals surface area contributed by atoms with Crippen molar-refractivity contribution in [3.63, 3.8) is 0 Å². The van der Waals surface area contributed by atoms with Gasteiger partial charge in [0.1, 0.15) is 12.4 Å². The first-order valence-electron chi connectivity index (χ1n) is 8.71. The molecule has 6 heteroatoms. The second-order valence-electron chi connectivity index (χ2n) is 5.95. The first-order valence-corrected chi connectivity index (χ1v) is 8.71. The second kappa shape index (κ2) is 9.32. The Balaban J connectivity index is 1.61. The van der Waals surface area contributed by atoms with Crippen molar-refractivity contribution < 1.29 is 18.7 Å². The van der Waals surface area contributed by atoms with Crippen LogP contribution in [0, 0.1) is 5.82 Å². The van der Waals surface area contributed by atoms with Gasteiger partial charge in [-0.25, -0.2) is 4.39 Å². The van der Waals surface area contributed by atoms with Gasteiger partial charge in [0.25, 0.3) is 5.91 Å². The van der Waals surface area contributed by atoms with Crippen molar-refractivity contribution in [2.24, 2.45) is 0 Å². The van der Waals surface area contributed by atoms with Crippen molar-refractivity contribution in [2.75, 3.05) is 23.4 Å². The van der Waals surface area contributed by atoms with E-state index in [1.165, 1.54) is 18.2 Å². The summed E-state index contributed by atoms with van der Waals surface area (Å²) in [7, 11) is 0. The standard InChI is InChI=1S/C22H19FN2O3/c23-19-13-7-8-14-20(19)24-21(26)16-28-22(27)15-25(17-9-3-1-4-10-17)18-11-5-2-6-12-18/h1-14H,15-16H2,(H,24,26). The van der Waals surface area contributed by atoms with Crippen molar-refractivity contribution in [3.8, 4) is 0 Å². The number of carbonyl (C=O) groups is 2. The Kier molecular flexibility index (Phi) is 6.36. The highest BCUT2D eigenvalue weighted by Gasteiger charge is 2.16. The number of halogens is 1. The summed E-state index contributed by atoms with van der Waals surface area (Å²) >= 11 is 0. The topological polar surface area (TPSA) is 58.6 Å². The molecule has 0 atom stereocenters. The summed E-state index contributed by atoms with van der Waals surface area (Å²) in [6, 6.07) is 24.6. The van der Waals surface area contributed by atoms with E-state index in [1.807, 2.05) is 60.7 Å². The third kappa shape index (κ3) is 5.17. The van der Waals surface area contributed by atoms with Crippen molar-refractivity contribution in [3.05, 3.63) is 90.7 Å². The summed E-state index contributed by atoms with van der Waals surface area (Å²) in [5.74, 6) is -1.73. The van der Waals surface area contributed by atoms with E-state index in [4.69, 9.17) is 4.74 Å². The maximum Gasteiger partial charge on any atom is 0.326 e. The van der Waals surface area contributed by atoms with Gasteiger partial charge in [-0.05, 0) is 36.4 Å². The van der Waals surface area contributed by atoms with Gasteiger partial charge in [0.05, 0.1) is 5.69 Å². The number of nitrogens with zero attached hydrogens (tertiary/aromatic N) is 1. The molecule has 0 bridgehead atoms. The smallest absolute Gasteiger partial charge is 0.326 e. The number of benzene rings is 3. The van der Waals surface area contributed by atoms with Crippen LogP contribution >= 0.6 is 0 Å². The molecule has 1 N–H and O–H groups in total. The lowest BCUT2D eigenvalue weighted by Crippen LogP contribution is -2.29. The van der Waals surface area contributed by atoms with Crippen molar-refractivity contribution >= 4 is 28.9 Å². The maximum absolute atomic E-state index is 13.6. The molecule has 0 heterocycles. The number of hydrogen-bond acceptors (Lipinski definition) is 4. The number of rotatable bonds is 7. The molecule has 142 valence electrons. The summed E-state index contributed by atoms with van der Waals surface area (Å²) in [6.45, 7) is -0.564. The van der Waals surface area contributed by atoms with Crippen LogP contribution in [0.4, 0.5) is 21.5 Å². The van der Waals surface area contributed by atoms with E-state index in [0.717, 1.165) is 11.4 Å². The lowest BCUT2D eigenvalue weighted by molar-refractivity contribution is -0.145. The Labute approximate surface area is 162 Å². The number of carbonyl (C=O) groups excluding carboxylic acids is 2. The fraction of sp³-hybridized carbons (Fsp3) is 0.0909. The molecule has 0 aliphatic rings. The minimum absolute atomic E-state index is 0.0405. The monoisotopic (exact) mass is 378 g/mol. The number of anilines is 3. The van der Waals surface area contributed by atoms with Crippen LogP contribution < -0.4 is 10.2 Å². The fourth-order valence-electron chi connectivity index (χ4n) is 2.62. The van der Waals surface area contributed by atoms with Gasteiger partial charge in [0, 0.05) is 11.4 Å². The predicted molar refractivity (Wildman–Crippen MR) is 106 cm³/mol. The molecule has 0 aliphatic heterocycles. The van der Waals surface area contributed by atoms with E-state index >= 15 is 0 Å². The Morgan fingerprint density at radius 1 is 0.821 bits per heavy atom. The van der Waals surface area contributed by atoms with E-state index in [1.54, 1.807) is 11.0 Å². The molecule has 0 fully saturated rings. The molecule has 0 radical (unpaired) electrons. The van der Waals surface area contributed by atoms with E-state index in [9.17, 15) is 14.0 Å². The van der Waals surface area contributed by atoms with Crippen molar-refractivity contribution in [2.45, 2.75) is 0 Å². The average Bonchev–Trinajstić information content (AvgIpc) is 2.73. The summed E-state index contributed by atoms with van der Waals surface area (Å²) < 4.78 is 18.6. The average molecular weight is 378 g/mol. The van der Waals surface area contributed by atoms with Crippen molar-refractivity contribution in [1.82, 2.24) is 0 Å². The number of hydrogen-bond donors (Lipinski definition) is 1. The molecular formula is C22H19FN2O3. The summed E-state index contributed by atoms with van der Waals surface area (Å²) in [6.07, 6.45) is 0. The highest BCUT2D eigenvalue weighted by molar-refractivity contribution is 5.93. The first kappa shape index (κ1) is 19.1. The van der Waals surface area contributed by atoms with Crippen LogP contribution in [0.1, 0.15) is 0 Å². The van der Waals surface area contributed by atoms with Gasteiger partial charge in [-0.1, -0.05) is 48.5 Å². The number of nitrogens with one attached hydrogen (secondary N) is 1. The molecule has 1 amide bonds. The van der Waals surface area contributed by atoms with Gasteiger partial charge < -0.3 is 15.0 Å². The zero-order valence-electron chi connectivity index (χ0n) is 15.0. The zero-order chi connectivity index (χ0) is 19.8. The van der Waals surface area contributed by atoms with E-state index in [-0.39, 0.29) is 12.2 Å². The SMILES string of the molecule is O=C(COC(=O)CN(c1ccccc1)c1ccccc1)Nc1ccccc1F. The molecule has 0 spiro atoms. The largest absolute Gasteiger partial charge is 0.454 e. The zero-order valence-corrected chi connectivity index (χ0v) is 15.0. The molecule has 3 aromatic carbocycles. The third-order valence-corrected chi connectivity index (χ3v) is 3.94. The molecule has 0 saturated carbocycles. The van der Waals surface area contributed by atoms with Crippen LogP contribution in [-0.2, 0) is 14.3 Å². The molecule has 0 unspecified atom stereocenters. The van der Waals surface area contributed by atoms with Gasteiger partial charge >= 0.3 is 5.97 Å². The first-order chi connectivity index (χ1) is 13.6. The molecule has 5 nitrogen and oxygen atoms in total. The van der Waals surface area contributed by atoms with Gasteiger partial charge in [-0.2, -0.15) is 0 Å². The molecule has 0 aromatic heterocycles. The highest BCUT2D eigenvalue weighted by Crippen LogP contribution is 2.24. The predicted octanol–water partition coefficient (Wildman–Crippen LogP) is 4.15. The fourth-order valence-corrected chi connectivity index (χ4v) is 2.62. The number of ether oxygens (including phenoxy) is 1. The third-order valence-electron chi connectivity index (χ3n) is 3.94. The second-order valence-corrected chi connectivity index (χ2v) is 5.95. The van der Waals surface area contributed by atoms with Gasteiger partial charge in [-0.3, -0.25) is 9.59 Å². The molecular weight excluding hydrogens is 359 g/mol. The number of esters is 1. The molecule has 3 rings (SSSR count). The molecule has 3 aromatic rings. The molecule has 0 saturated heterocycles. The normalized spacial score (nSPS) is 10.2. The Morgan fingerprint density at radius 3 is 1.93 bits per heavy atom. The number of amides is 1. The quantitative estimate of drug-likeness (QED) is 0.628. The van der Waals surface area contributed by atoms with E-state index in [0.29, 0.717) is 0 Å². The van der Waals surface area contributed by atoms with Crippen LogP contribution in [0.15, 0.2) is 84.9 Å². The Hall–Kier alpha value is -3.67. The summed E-state index contributed by atoms with van der Waals surface area (Å²) in [5, 5.41) is 2.38. The molecule has 0 aliphatic carbocycles. The van der Waals surface area contributed by atoms with Gasteiger partial charge in [0.2, 0.25) is 0 Å². The maximum atomic E-state index is 13.6. The van der Waals surface area contributed by atoms with Crippen LogP contribution in [0.3, 0.4) is 0 Å². The van der Waals surface area contributed by atoms with Crippen LogP contribution in [0.25, 0.3) is 0 Å². The van der Waals surface area contributed by atoms with Crippen LogP contribution in [-0.4, -0.2) is 25.0 Å². The number of para-hydroxylation sites is 3. The minimum Gasteiger partial charge on any atom is -0.454 e. The Bertz CT molecular complexity index is 893. The lowest BCUT2D eigenvalue weighted by Gasteiger charge is -2.24. The van der Waals surface area contributed by atoms with Crippen LogP contribution in [0.2, 0.25) is 0 Å². The Morgan fingerprint density at radius 2 is 1.36 bits per heavy atom. The van der Waals surface area contributed by atoms with Gasteiger partial charge in [-0.15, -0.1) is 0 Å². The lowest BCUT2D eigenvalue weighted by atomic mass is 10.2. The van der Waals surface area contributed by atoms with Gasteiger partial charge in [0.15, 0.2) is 6.61 Å². The van der Waals surface area contributed by atoms with E-state index < -0.39 is 24.3 Å². The highest BCUT2D eigenvalue weighted by atomic mass is 19.1. The van der Waals surface area contributed by atoms with Crippen LogP contribution in [0.5, 0.6) is 0 Å². The molecule has 28 heavy (non-hydrogen) atoms. The summed E-state index contributed by atoms with van der Waals surface area (Å²) in [5.41, 5.74) is 1.68. The minimum atomic E-state index is -0.607. The van der Waals surface area contributed by atoms with Crippen molar-refractivity contribution in [1.29, 1.82) is 0 Å². The van der Waals surface area contributed by atoms with E-state index in [2.05, 4.69) is 5.32 Å². The summed E-state index contributed by atoms with van der Waals surface area (Å²) in [4.78, 5) is 26.0.